The highest BCUT2D eigenvalue weighted by Gasteiger charge is 2.15. The summed E-state index contributed by atoms with van der Waals surface area (Å²) in [6.45, 7) is 7.84. The fourth-order valence-electron chi connectivity index (χ4n) is 2.70. The van der Waals surface area contributed by atoms with Crippen molar-refractivity contribution in [3.63, 3.8) is 0 Å². The van der Waals surface area contributed by atoms with Crippen LogP contribution < -0.4 is 16.0 Å². The van der Waals surface area contributed by atoms with E-state index in [1.54, 1.807) is 11.7 Å². The Morgan fingerprint density at radius 2 is 1.82 bits per heavy atom. The summed E-state index contributed by atoms with van der Waals surface area (Å²) in [6, 6.07) is 9.54. The monoisotopic (exact) mass is 300 g/mol. The summed E-state index contributed by atoms with van der Waals surface area (Å²) in [5.41, 5.74) is 9.47. The molecule has 0 aliphatic carbocycles. The van der Waals surface area contributed by atoms with Gasteiger partial charge in [-0.25, -0.2) is 0 Å². The molecule has 1 aromatic carbocycles. The minimum absolute atomic E-state index is 0.0176. The van der Waals surface area contributed by atoms with Crippen LogP contribution in [0.1, 0.15) is 44.0 Å². The van der Waals surface area contributed by atoms with Crippen molar-refractivity contribution in [1.82, 2.24) is 4.57 Å². The molecule has 1 unspecified atom stereocenters. The van der Waals surface area contributed by atoms with Gasteiger partial charge < -0.3 is 15.0 Å². The lowest BCUT2D eigenvalue weighted by Gasteiger charge is -2.19. The molecule has 1 heterocycles. The molecule has 0 fully saturated rings. The molecule has 0 aliphatic rings. The van der Waals surface area contributed by atoms with Crippen LogP contribution in [0.25, 0.3) is 11.3 Å². The van der Waals surface area contributed by atoms with Gasteiger partial charge in [-0.15, -0.1) is 0 Å². The van der Waals surface area contributed by atoms with Crippen LogP contribution in [-0.2, 0) is 0 Å². The third-order valence-corrected chi connectivity index (χ3v) is 3.84. The lowest BCUT2D eigenvalue weighted by Crippen LogP contribution is -2.29. The molecule has 0 saturated heterocycles. The molecule has 22 heavy (non-hydrogen) atoms. The van der Waals surface area contributed by atoms with E-state index in [2.05, 4.69) is 0 Å². The second-order valence-electron chi connectivity index (χ2n) is 5.92. The zero-order valence-electron chi connectivity index (χ0n) is 13.9. The summed E-state index contributed by atoms with van der Waals surface area (Å²) >= 11 is 0. The molecule has 2 aromatic rings. The van der Waals surface area contributed by atoms with Crippen LogP contribution in [0.15, 0.2) is 35.1 Å². The topological polar surface area (TPSA) is 57.2 Å². The summed E-state index contributed by atoms with van der Waals surface area (Å²) in [5, 5.41) is 0. The van der Waals surface area contributed by atoms with Crippen molar-refractivity contribution >= 4 is 0 Å². The summed E-state index contributed by atoms with van der Waals surface area (Å²) < 4.78 is 7.11. The predicted octanol–water partition coefficient (Wildman–Crippen LogP) is 3.43. The number of aryl methyl sites for hydroxylation is 1. The fraction of sp³-hybridized carbons (Fsp3) is 0.389. The van der Waals surface area contributed by atoms with E-state index < -0.39 is 0 Å². The molecule has 4 nitrogen and oxygen atoms in total. The Labute approximate surface area is 131 Å². The van der Waals surface area contributed by atoms with Gasteiger partial charge in [-0.3, -0.25) is 4.79 Å². The summed E-state index contributed by atoms with van der Waals surface area (Å²) in [4.78, 5) is 12.7. The first-order chi connectivity index (χ1) is 10.4. The highest BCUT2D eigenvalue weighted by atomic mass is 16.5. The van der Waals surface area contributed by atoms with E-state index in [1.807, 2.05) is 58.0 Å². The van der Waals surface area contributed by atoms with E-state index in [1.165, 1.54) is 0 Å². The maximum absolute atomic E-state index is 12.7. The number of hydrogen-bond acceptors (Lipinski definition) is 3. The Morgan fingerprint density at radius 3 is 2.32 bits per heavy atom. The Bertz CT molecular complexity index is 730. The van der Waals surface area contributed by atoms with Gasteiger partial charge in [0.1, 0.15) is 5.75 Å². The standard InChI is InChI=1S/C18H24N2O2/c1-11(2)20-16(8-7-15(13(4)19)18(20)21)14-6-9-17(22-5)12(3)10-14/h6-11,13H,19H2,1-5H3. The minimum Gasteiger partial charge on any atom is -0.496 e. The van der Waals surface area contributed by atoms with E-state index in [-0.39, 0.29) is 17.6 Å². The van der Waals surface area contributed by atoms with Crippen molar-refractivity contribution < 1.29 is 4.74 Å². The molecular weight excluding hydrogens is 276 g/mol. The average molecular weight is 300 g/mol. The van der Waals surface area contributed by atoms with Crippen LogP contribution in [0, 0.1) is 6.92 Å². The van der Waals surface area contributed by atoms with Crippen LogP contribution in [0.2, 0.25) is 0 Å². The number of hydrogen-bond donors (Lipinski definition) is 1. The molecule has 0 saturated carbocycles. The molecule has 0 radical (unpaired) electrons. The first-order valence-corrected chi connectivity index (χ1v) is 7.52. The van der Waals surface area contributed by atoms with Gasteiger partial charge in [0.15, 0.2) is 0 Å². The summed E-state index contributed by atoms with van der Waals surface area (Å²) in [5.74, 6) is 0.842. The molecule has 118 valence electrons. The average Bonchev–Trinajstić information content (AvgIpc) is 2.45. The predicted molar refractivity (Wildman–Crippen MR) is 90.4 cm³/mol. The Morgan fingerprint density at radius 1 is 1.14 bits per heavy atom. The minimum atomic E-state index is -0.274. The number of methoxy groups -OCH3 is 1. The third-order valence-electron chi connectivity index (χ3n) is 3.84. The second-order valence-corrected chi connectivity index (χ2v) is 5.92. The number of nitrogens with two attached hydrogens (primary N) is 1. The number of benzene rings is 1. The van der Waals surface area contributed by atoms with Crippen molar-refractivity contribution in [2.45, 2.75) is 39.8 Å². The van der Waals surface area contributed by atoms with Crippen LogP contribution in [0.4, 0.5) is 0 Å². The van der Waals surface area contributed by atoms with E-state index >= 15 is 0 Å². The second kappa shape index (κ2) is 6.36. The highest BCUT2D eigenvalue weighted by Crippen LogP contribution is 2.27. The SMILES string of the molecule is COc1ccc(-c2ccc(C(C)N)c(=O)n2C(C)C)cc1C. The molecule has 0 amide bonds. The molecule has 0 aliphatic heterocycles. The highest BCUT2D eigenvalue weighted by molar-refractivity contribution is 5.63. The molecule has 0 spiro atoms. The molecule has 1 aromatic heterocycles. The smallest absolute Gasteiger partial charge is 0.256 e. The van der Waals surface area contributed by atoms with Crippen molar-refractivity contribution in [3.05, 3.63) is 51.8 Å². The van der Waals surface area contributed by atoms with Gasteiger partial charge in [0.25, 0.3) is 5.56 Å². The molecule has 1 atom stereocenters. The lowest BCUT2D eigenvalue weighted by molar-refractivity contribution is 0.412. The van der Waals surface area contributed by atoms with Gasteiger partial charge in [0.2, 0.25) is 0 Å². The van der Waals surface area contributed by atoms with Crippen LogP contribution in [0.5, 0.6) is 5.75 Å². The van der Waals surface area contributed by atoms with E-state index in [9.17, 15) is 4.79 Å². The van der Waals surface area contributed by atoms with Crippen LogP contribution in [-0.4, -0.2) is 11.7 Å². The zero-order chi connectivity index (χ0) is 16.4. The van der Waals surface area contributed by atoms with Crippen molar-refractivity contribution in [2.24, 2.45) is 5.73 Å². The third kappa shape index (κ3) is 2.92. The van der Waals surface area contributed by atoms with Gasteiger partial charge in [0, 0.05) is 17.6 Å². The normalized spacial score (nSPS) is 12.5. The first kappa shape index (κ1) is 16.3. The van der Waals surface area contributed by atoms with Crippen molar-refractivity contribution in [1.29, 1.82) is 0 Å². The Kier molecular flexibility index (Phi) is 4.71. The Hall–Kier alpha value is -2.07. The Balaban J connectivity index is 2.68. The zero-order valence-corrected chi connectivity index (χ0v) is 13.9. The molecule has 4 heteroatoms. The van der Waals surface area contributed by atoms with Crippen molar-refractivity contribution in [3.8, 4) is 17.0 Å². The summed E-state index contributed by atoms with van der Waals surface area (Å²) in [7, 11) is 1.66. The van der Waals surface area contributed by atoms with E-state index in [4.69, 9.17) is 10.5 Å². The number of rotatable bonds is 4. The van der Waals surface area contributed by atoms with Crippen molar-refractivity contribution in [2.75, 3.05) is 7.11 Å². The number of nitrogens with zero attached hydrogens (tertiary/aromatic N) is 1. The van der Waals surface area contributed by atoms with Gasteiger partial charge in [0.05, 0.1) is 12.8 Å². The molecular formula is C18H24N2O2. The van der Waals surface area contributed by atoms with Gasteiger partial charge in [-0.05, 0) is 69.2 Å². The molecule has 2 rings (SSSR count). The molecule has 0 bridgehead atoms. The lowest BCUT2D eigenvalue weighted by atomic mass is 10.0. The van der Waals surface area contributed by atoms with Gasteiger partial charge in [-0.1, -0.05) is 0 Å². The maximum Gasteiger partial charge on any atom is 0.256 e. The number of aromatic nitrogens is 1. The molecule has 2 N–H and O–H groups in total. The number of pyridine rings is 1. The van der Waals surface area contributed by atoms with Gasteiger partial charge >= 0.3 is 0 Å². The maximum atomic E-state index is 12.7. The van der Waals surface area contributed by atoms with E-state index in [0.29, 0.717) is 5.56 Å². The van der Waals surface area contributed by atoms with Gasteiger partial charge in [-0.2, -0.15) is 0 Å². The van der Waals surface area contributed by atoms with Crippen LogP contribution >= 0.6 is 0 Å². The fourth-order valence-corrected chi connectivity index (χ4v) is 2.70. The largest absolute Gasteiger partial charge is 0.496 e. The quantitative estimate of drug-likeness (QED) is 0.941. The summed E-state index contributed by atoms with van der Waals surface area (Å²) in [6.07, 6.45) is 0. The first-order valence-electron chi connectivity index (χ1n) is 7.52. The van der Waals surface area contributed by atoms with E-state index in [0.717, 1.165) is 22.6 Å². The van der Waals surface area contributed by atoms with Crippen LogP contribution in [0.3, 0.4) is 0 Å². The number of ether oxygens (including phenoxy) is 1.